The van der Waals surface area contributed by atoms with Crippen LogP contribution < -0.4 is 10.6 Å². The molecule has 98 valence electrons. The zero-order chi connectivity index (χ0) is 12.8. The number of nitrogens with one attached hydrogen (secondary N) is 2. The van der Waals surface area contributed by atoms with Crippen LogP contribution in [0.3, 0.4) is 0 Å². The molecular weight excluding hydrogens is 248 g/mol. The maximum absolute atomic E-state index is 11.7. The molecule has 0 bridgehead atoms. The van der Waals surface area contributed by atoms with Crippen molar-refractivity contribution >= 4 is 22.2 Å². The first-order chi connectivity index (χ1) is 8.79. The van der Waals surface area contributed by atoms with Gasteiger partial charge in [0.05, 0.1) is 12.1 Å². The van der Waals surface area contributed by atoms with Gasteiger partial charge in [0, 0.05) is 30.9 Å². The Morgan fingerprint density at radius 1 is 1.44 bits per heavy atom. The van der Waals surface area contributed by atoms with Crippen LogP contribution in [0.25, 0.3) is 4.96 Å². The molecule has 2 aromatic heterocycles. The van der Waals surface area contributed by atoms with E-state index in [-0.39, 0.29) is 5.91 Å². The summed E-state index contributed by atoms with van der Waals surface area (Å²) in [5, 5.41) is 8.10. The molecule has 0 saturated heterocycles. The topological polar surface area (TPSA) is 58.4 Å². The van der Waals surface area contributed by atoms with E-state index in [4.69, 9.17) is 0 Å². The quantitative estimate of drug-likeness (QED) is 0.737. The van der Waals surface area contributed by atoms with Crippen molar-refractivity contribution in [1.82, 2.24) is 20.0 Å². The van der Waals surface area contributed by atoms with Gasteiger partial charge in [0.15, 0.2) is 4.96 Å². The van der Waals surface area contributed by atoms with Gasteiger partial charge < -0.3 is 10.6 Å². The number of thiazole rings is 1. The molecule has 0 unspecified atom stereocenters. The highest BCUT2D eigenvalue weighted by molar-refractivity contribution is 7.15. The van der Waals surface area contributed by atoms with E-state index in [0.717, 1.165) is 30.2 Å². The second kappa shape index (κ2) is 6.51. The van der Waals surface area contributed by atoms with Gasteiger partial charge in [-0.15, -0.1) is 11.3 Å². The third-order valence-corrected chi connectivity index (χ3v) is 3.31. The Hall–Kier alpha value is -1.40. The van der Waals surface area contributed by atoms with Gasteiger partial charge >= 0.3 is 0 Å². The number of amides is 1. The number of carbonyl (C=O) groups is 1. The van der Waals surface area contributed by atoms with Gasteiger partial charge in [-0.3, -0.25) is 9.20 Å². The minimum atomic E-state index is 0.0269. The second-order valence-corrected chi connectivity index (χ2v) is 4.97. The summed E-state index contributed by atoms with van der Waals surface area (Å²) < 4.78 is 1.94. The van der Waals surface area contributed by atoms with Gasteiger partial charge in [-0.25, -0.2) is 4.98 Å². The molecule has 0 radical (unpaired) electrons. The Balaban J connectivity index is 1.72. The minimum absolute atomic E-state index is 0.0269. The monoisotopic (exact) mass is 266 g/mol. The van der Waals surface area contributed by atoms with Crippen molar-refractivity contribution in [2.45, 2.75) is 19.8 Å². The van der Waals surface area contributed by atoms with Crippen LogP contribution in [0.4, 0.5) is 0 Å². The van der Waals surface area contributed by atoms with Crippen LogP contribution in [0.5, 0.6) is 0 Å². The molecule has 0 aliphatic carbocycles. The number of fused-ring (bicyclic) bond motifs is 1. The fraction of sp³-hybridized carbons (Fsp3) is 0.500. The van der Waals surface area contributed by atoms with Crippen LogP contribution in [0, 0.1) is 0 Å². The Kier molecular flexibility index (Phi) is 4.72. The van der Waals surface area contributed by atoms with E-state index in [0.29, 0.717) is 13.0 Å². The summed E-state index contributed by atoms with van der Waals surface area (Å²) in [4.78, 5) is 17.0. The predicted octanol–water partition coefficient (Wildman–Crippen LogP) is 1.05. The molecule has 0 spiro atoms. The first kappa shape index (κ1) is 13.0. The summed E-state index contributed by atoms with van der Waals surface area (Å²) in [5.74, 6) is 0.0269. The van der Waals surface area contributed by atoms with Crippen molar-refractivity contribution in [3.63, 3.8) is 0 Å². The molecule has 2 aromatic rings. The van der Waals surface area contributed by atoms with E-state index in [1.165, 1.54) is 0 Å². The van der Waals surface area contributed by atoms with Gasteiger partial charge in [0.25, 0.3) is 0 Å². The Morgan fingerprint density at radius 2 is 2.33 bits per heavy atom. The lowest BCUT2D eigenvalue weighted by Crippen LogP contribution is -2.33. The van der Waals surface area contributed by atoms with Crippen molar-refractivity contribution in [3.8, 4) is 0 Å². The van der Waals surface area contributed by atoms with Gasteiger partial charge in [0.1, 0.15) is 0 Å². The molecule has 2 N–H and O–H groups in total. The third kappa shape index (κ3) is 3.54. The molecular formula is C12H18N4OS. The molecule has 6 heteroatoms. The zero-order valence-corrected chi connectivity index (χ0v) is 11.3. The fourth-order valence-electron chi connectivity index (χ4n) is 1.68. The van der Waals surface area contributed by atoms with Crippen LogP contribution in [-0.2, 0) is 11.2 Å². The SMILES string of the molecule is CCCNCCNC(=O)Cc1cn2ccsc2n1. The summed E-state index contributed by atoms with van der Waals surface area (Å²) in [6.07, 6.45) is 5.31. The Bertz CT molecular complexity index is 476. The summed E-state index contributed by atoms with van der Waals surface area (Å²) in [6, 6.07) is 0. The van der Waals surface area contributed by atoms with Gasteiger partial charge in [-0.2, -0.15) is 0 Å². The smallest absolute Gasteiger partial charge is 0.226 e. The lowest BCUT2D eigenvalue weighted by atomic mass is 10.3. The lowest BCUT2D eigenvalue weighted by molar-refractivity contribution is -0.120. The van der Waals surface area contributed by atoms with E-state index in [1.807, 2.05) is 22.2 Å². The fourth-order valence-corrected chi connectivity index (χ4v) is 2.40. The average molecular weight is 266 g/mol. The standard InChI is InChI=1S/C12H18N4OS/c1-2-3-13-4-5-14-11(17)8-10-9-16-6-7-18-12(16)15-10/h6-7,9,13H,2-5,8H2,1H3,(H,14,17). The van der Waals surface area contributed by atoms with E-state index in [1.54, 1.807) is 11.3 Å². The summed E-state index contributed by atoms with van der Waals surface area (Å²) >= 11 is 1.57. The molecule has 1 amide bonds. The number of carbonyl (C=O) groups excluding carboxylic acids is 1. The Morgan fingerprint density at radius 3 is 3.11 bits per heavy atom. The molecule has 0 aromatic carbocycles. The number of aromatic nitrogens is 2. The van der Waals surface area contributed by atoms with Crippen molar-refractivity contribution in [2.75, 3.05) is 19.6 Å². The third-order valence-electron chi connectivity index (χ3n) is 2.54. The molecule has 2 rings (SSSR count). The van der Waals surface area contributed by atoms with Gasteiger partial charge in [0.2, 0.25) is 5.91 Å². The summed E-state index contributed by atoms with van der Waals surface area (Å²) in [6.45, 7) is 4.60. The second-order valence-electron chi connectivity index (χ2n) is 4.10. The summed E-state index contributed by atoms with van der Waals surface area (Å²) in [5.41, 5.74) is 0.820. The minimum Gasteiger partial charge on any atom is -0.354 e. The van der Waals surface area contributed by atoms with Crippen molar-refractivity contribution in [1.29, 1.82) is 0 Å². The van der Waals surface area contributed by atoms with Gasteiger partial charge in [-0.05, 0) is 13.0 Å². The highest BCUT2D eigenvalue weighted by atomic mass is 32.1. The number of hydrogen-bond acceptors (Lipinski definition) is 4. The highest BCUT2D eigenvalue weighted by Crippen LogP contribution is 2.11. The van der Waals surface area contributed by atoms with E-state index < -0.39 is 0 Å². The molecule has 0 aliphatic rings. The zero-order valence-electron chi connectivity index (χ0n) is 10.5. The normalized spacial score (nSPS) is 10.9. The lowest BCUT2D eigenvalue weighted by Gasteiger charge is -2.04. The van der Waals surface area contributed by atoms with E-state index >= 15 is 0 Å². The van der Waals surface area contributed by atoms with Crippen LogP contribution in [0.1, 0.15) is 19.0 Å². The van der Waals surface area contributed by atoms with Crippen molar-refractivity contribution in [2.24, 2.45) is 0 Å². The predicted molar refractivity (Wildman–Crippen MR) is 72.9 cm³/mol. The molecule has 0 aliphatic heterocycles. The Labute approximate surface area is 110 Å². The maximum Gasteiger partial charge on any atom is 0.226 e. The first-order valence-electron chi connectivity index (χ1n) is 6.18. The largest absolute Gasteiger partial charge is 0.354 e. The van der Waals surface area contributed by atoms with E-state index in [9.17, 15) is 4.79 Å². The number of nitrogens with zero attached hydrogens (tertiary/aromatic N) is 2. The van der Waals surface area contributed by atoms with E-state index in [2.05, 4.69) is 22.5 Å². The van der Waals surface area contributed by atoms with Crippen LogP contribution in [0.2, 0.25) is 0 Å². The van der Waals surface area contributed by atoms with Crippen molar-refractivity contribution < 1.29 is 4.79 Å². The molecule has 5 nitrogen and oxygen atoms in total. The molecule has 0 saturated carbocycles. The number of hydrogen-bond donors (Lipinski definition) is 2. The molecule has 0 atom stereocenters. The first-order valence-corrected chi connectivity index (χ1v) is 7.06. The van der Waals surface area contributed by atoms with Crippen LogP contribution in [-0.4, -0.2) is 34.9 Å². The highest BCUT2D eigenvalue weighted by Gasteiger charge is 2.07. The maximum atomic E-state index is 11.7. The van der Waals surface area contributed by atoms with Crippen LogP contribution in [0.15, 0.2) is 17.8 Å². The molecule has 0 fully saturated rings. The van der Waals surface area contributed by atoms with Crippen molar-refractivity contribution in [3.05, 3.63) is 23.5 Å². The van der Waals surface area contributed by atoms with Gasteiger partial charge in [-0.1, -0.05) is 6.92 Å². The average Bonchev–Trinajstić information content (AvgIpc) is 2.89. The van der Waals surface area contributed by atoms with Crippen LogP contribution >= 0.6 is 11.3 Å². The summed E-state index contributed by atoms with van der Waals surface area (Å²) in [7, 11) is 0. The molecule has 2 heterocycles. The molecule has 18 heavy (non-hydrogen) atoms. The number of imidazole rings is 1. The number of rotatable bonds is 7.